The normalized spacial score (nSPS) is 11.0. The van der Waals surface area contributed by atoms with Crippen LogP contribution in [-0.4, -0.2) is 33.1 Å². The largest absolute Gasteiger partial charge is 0.453 e. The highest BCUT2D eigenvalue weighted by molar-refractivity contribution is 7.13. The molecule has 0 amide bonds. The Labute approximate surface area is 187 Å². The number of nitrogens with zero attached hydrogens (tertiary/aromatic N) is 3. The second kappa shape index (κ2) is 8.49. The van der Waals surface area contributed by atoms with Gasteiger partial charge in [-0.1, -0.05) is 28.9 Å². The molecule has 0 fully saturated rings. The fourth-order valence-electron chi connectivity index (χ4n) is 3.26. The molecule has 0 bridgehead atoms. The van der Waals surface area contributed by atoms with Crippen LogP contribution < -0.4 is 0 Å². The third-order valence-electron chi connectivity index (χ3n) is 4.70. The zero-order valence-electron chi connectivity index (χ0n) is 17.0. The van der Waals surface area contributed by atoms with E-state index in [0.717, 1.165) is 11.3 Å². The number of hydrogen-bond acceptors (Lipinski definition) is 7. The molecular formula is C22H18ClN3O4S. The van der Waals surface area contributed by atoms with E-state index in [1.807, 2.05) is 30.5 Å². The monoisotopic (exact) mass is 455 g/mol. The Morgan fingerprint density at radius 2 is 2.00 bits per heavy atom. The summed E-state index contributed by atoms with van der Waals surface area (Å²) in [6.07, 6.45) is 0. The molecule has 0 atom stereocenters. The molecule has 0 unspecified atom stereocenters. The van der Waals surface area contributed by atoms with Gasteiger partial charge in [0.2, 0.25) is 5.78 Å². The molecule has 7 nitrogen and oxygen atoms in total. The number of Topliss-reactive ketones (excluding diaryl/α,β-unsaturated/α-hetero) is 1. The van der Waals surface area contributed by atoms with Crippen LogP contribution in [0.25, 0.3) is 16.4 Å². The molecule has 4 aromatic rings. The van der Waals surface area contributed by atoms with Crippen molar-refractivity contribution >= 4 is 34.7 Å². The van der Waals surface area contributed by atoms with Gasteiger partial charge in [0, 0.05) is 39.0 Å². The first-order chi connectivity index (χ1) is 14.8. The average molecular weight is 456 g/mol. The van der Waals surface area contributed by atoms with Gasteiger partial charge in [0.15, 0.2) is 18.1 Å². The predicted molar refractivity (Wildman–Crippen MR) is 117 cm³/mol. The molecule has 0 aliphatic carbocycles. The smallest absolute Gasteiger partial charge is 0.358 e. The SMILES string of the molecule is Cc1cc(-n2c(C)cc(C(=O)COC(=O)c3csc(-c4cccc(Cl)c4)n3)c2C)no1. The fraction of sp³-hybridized carbons (Fsp3) is 0.182. The summed E-state index contributed by atoms with van der Waals surface area (Å²) in [5, 5.41) is 6.83. The topological polar surface area (TPSA) is 87.2 Å². The fourth-order valence-corrected chi connectivity index (χ4v) is 4.24. The van der Waals surface area contributed by atoms with Crippen LogP contribution in [0.2, 0.25) is 5.02 Å². The van der Waals surface area contributed by atoms with Crippen LogP contribution in [0.3, 0.4) is 0 Å². The van der Waals surface area contributed by atoms with Gasteiger partial charge in [0.1, 0.15) is 10.8 Å². The highest BCUT2D eigenvalue weighted by atomic mass is 35.5. The van der Waals surface area contributed by atoms with E-state index in [4.69, 9.17) is 20.9 Å². The van der Waals surface area contributed by atoms with Crippen molar-refractivity contribution in [2.75, 3.05) is 6.61 Å². The standard InChI is InChI=1S/C22H18ClN3O4S/c1-12-7-17(14(3)26(12)20-8-13(2)30-25-20)19(27)10-29-22(28)18-11-31-21(24-18)15-5-4-6-16(23)9-15/h4-9,11H,10H2,1-3H3. The first kappa shape index (κ1) is 21.0. The number of benzene rings is 1. The van der Waals surface area contributed by atoms with Crippen molar-refractivity contribution in [2.45, 2.75) is 20.8 Å². The number of carbonyl (C=O) groups is 2. The van der Waals surface area contributed by atoms with E-state index in [0.29, 0.717) is 32.9 Å². The van der Waals surface area contributed by atoms with Gasteiger partial charge in [-0.2, -0.15) is 0 Å². The maximum atomic E-state index is 12.7. The van der Waals surface area contributed by atoms with E-state index in [1.165, 1.54) is 11.3 Å². The Balaban J connectivity index is 1.45. The lowest BCUT2D eigenvalue weighted by Crippen LogP contribution is -2.15. The van der Waals surface area contributed by atoms with Gasteiger partial charge in [-0.15, -0.1) is 11.3 Å². The molecule has 9 heteroatoms. The Bertz CT molecular complexity index is 1290. The van der Waals surface area contributed by atoms with Crippen LogP contribution in [0.5, 0.6) is 0 Å². The third-order valence-corrected chi connectivity index (χ3v) is 5.82. The second-order valence-electron chi connectivity index (χ2n) is 6.96. The van der Waals surface area contributed by atoms with Crippen molar-refractivity contribution < 1.29 is 18.8 Å². The maximum Gasteiger partial charge on any atom is 0.358 e. The number of aromatic nitrogens is 3. The van der Waals surface area contributed by atoms with E-state index < -0.39 is 5.97 Å². The lowest BCUT2D eigenvalue weighted by Gasteiger charge is -2.05. The molecule has 0 saturated heterocycles. The average Bonchev–Trinajstić information content (AvgIpc) is 3.45. The highest BCUT2D eigenvalue weighted by Crippen LogP contribution is 2.26. The summed E-state index contributed by atoms with van der Waals surface area (Å²) in [6, 6.07) is 10.7. The number of thiazole rings is 1. The van der Waals surface area contributed by atoms with Gasteiger partial charge in [-0.05, 0) is 39.0 Å². The molecule has 0 aliphatic rings. The van der Waals surface area contributed by atoms with Crippen LogP contribution in [-0.2, 0) is 4.74 Å². The van der Waals surface area contributed by atoms with Crippen LogP contribution in [0.15, 0.2) is 46.3 Å². The molecule has 0 radical (unpaired) electrons. The minimum absolute atomic E-state index is 0.149. The van der Waals surface area contributed by atoms with Gasteiger partial charge in [0.25, 0.3) is 0 Å². The Morgan fingerprint density at radius 3 is 2.71 bits per heavy atom. The summed E-state index contributed by atoms with van der Waals surface area (Å²) < 4.78 is 12.2. The summed E-state index contributed by atoms with van der Waals surface area (Å²) in [4.78, 5) is 29.4. The minimum atomic E-state index is -0.654. The van der Waals surface area contributed by atoms with Crippen molar-refractivity contribution in [1.82, 2.24) is 14.7 Å². The first-order valence-electron chi connectivity index (χ1n) is 9.38. The number of ketones is 1. The number of hydrogen-bond donors (Lipinski definition) is 0. The lowest BCUT2D eigenvalue weighted by molar-refractivity contribution is 0.0469. The molecule has 0 saturated carbocycles. The summed E-state index contributed by atoms with van der Waals surface area (Å²) in [7, 11) is 0. The predicted octanol–water partition coefficient (Wildman–Crippen LogP) is 5.21. The number of esters is 1. The summed E-state index contributed by atoms with van der Waals surface area (Å²) >= 11 is 7.31. The van der Waals surface area contributed by atoms with Gasteiger partial charge in [-0.25, -0.2) is 9.78 Å². The Morgan fingerprint density at radius 1 is 1.19 bits per heavy atom. The molecule has 158 valence electrons. The zero-order chi connectivity index (χ0) is 22.1. The van der Waals surface area contributed by atoms with E-state index >= 15 is 0 Å². The summed E-state index contributed by atoms with van der Waals surface area (Å²) in [6.45, 7) is 5.09. The molecule has 0 aliphatic heterocycles. The molecule has 3 aromatic heterocycles. The van der Waals surface area contributed by atoms with Crippen molar-refractivity contribution in [3.63, 3.8) is 0 Å². The quantitative estimate of drug-likeness (QED) is 0.293. The van der Waals surface area contributed by atoms with E-state index in [-0.39, 0.29) is 18.1 Å². The minimum Gasteiger partial charge on any atom is -0.453 e. The number of halogens is 1. The Kier molecular flexibility index (Phi) is 5.75. The summed E-state index contributed by atoms with van der Waals surface area (Å²) in [5.41, 5.74) is 2.94. The van der Waals surface area contributed by atoms with Crippen LogP contribution >= 0.6 is 22.9 Å². The van der Waals surface area contributed by atoms with Crippen molar-refractivity contribution in [1.29, 1.82) is 0 Å². The van der Waals surface area contributed by atoms with Crippen molar-refractivity contribution in [2.24, 2.45) is 0 Å². The van der Waals surface area contributed by atoms with Crippen LogP contribution in [0.1, 0.15) is 38.0 Å². The Hall–Kier alpha value is -3.23. The van der Waals surface area contributed by atoms with E-state index in [9.17, 15) is 9.59 Å². The van der Waals surface area contributed by atoms with Crippen LogP contribution in [0, 0.1) is 20.8 Å². The van der Waals surface area contributed by atoms with Crippen molar-refractivity contribution in [3.8, 4) is 16.4 Å². The maximum absolute atomic E-state index is 12.7. The molecule has 1 aromatic carbocycles. The van der Waals surface area contributed by atoms with E-state index in [2.05, 4.69) is 10.1 Å². The molecule has 4 rings (SSSR count). The second-order valence-corrected chi connectivity index (χ2v) is 8.26. The number of aryl methyl sites for hydroxylation is 2. The van der Waals surface area contributed by atoms with Gasteiger partial charge in [0.05, 0.1) is 0 Å². The third kappa shape index (κ3) is 4.30. The first-order valence-corrected chi connectivity index (χ1v) is 10.6. The van der Waals surface area contributed by atoms with Crippen molar-refractivity contribution in [3.05, 3.63) is 75.2 Å². The molecule has 31 heavy (non-hydrogen) atoms. The lowest BCUT2D eigenvalue weighted by atomic mass is 10.1. The zero-order valence-corrected chi connectivity index (χ0v) is 18.6. The van der Waals surface area contributed by atoms with Gasteiger partial charge >= 0.3 is 5.97 Å². The summed E-state index contributed by atoms with van der Waals surface area (Å²) in [5.74, 6) is 0.307. The molecule has 0 N–H and O–H groups in total. The number of carbonyl (C=O) groups excluding carboxylic acids is 2. The highest BCUT2D eigenvalue weighted by Gasteiger charge is 2.21. The number of rotatable bonds is 6. The van der Waals surface area contributed by atoms with Gasteiger partial charge in [-0.3, -0.25) is 9.36 Å². The molecule has 3 heterocycles. The van der Waals surface area contributed by atoms with Crippen LogP contribution in [0.4, 0.5) is 0 Å². The molecular weight excluding hydrogens is 438 g/mol. The number of ether oxygens (including phenoxy) is 1. The van der Waals surface area contributed by atoms with E-state index in [1.54, 1.807) is 36.6 Å². The van der Waals surface area contributed by atoms with Gasteiger partial charge < -0.3 is 9.26 Å². The molecule has 0 spiro atoms.